The number of nitrogens with zero attached hydrogens (tertiary/aromatic N) is 6. The third-order valence-corrected chi connectivity index (χ3v) is 4.80. The normalized spacial score (nSPS) is 17.6. The molecule has 1 fully saturated rings. The van der Waals surface area contributed by atoms with Crippen LogP contribution < -0.4 is 4.90 Å². The van der Waals surface area contributed by atoms with Gasteiger partial charge < -0.3 is 9.42 Å². The molecule has 1 atom stereocenters. The van der Waals surface area contributed by atoms with Crippen molar-refractivity contribution in [1.29, 1.82) is 5.26 Å². The van der Waals surface area contributed by atoms with Crippen LogP contribution in [0.5, 0.6) is 0 Å². The smallest absolute Gasteiger partial charge is 0.229 e. The number of fused-ring (bicyclic) bond motifs is 1. The lowest BCUT2D eigenvalue weighted by atomic mass is 9.96. The van der Waals surface area contributed by atoms with Crippen LogP contribution in [0.1, 0.15) is 55.9 Å². The fraction of sp³-hybridized carbons (Fsp3) is 0.421. The van der Waals surface area contributed by atoms with Gasteiger partial charge in [0.1, 0.15) is 6.07 Å². The second-order valence-electron chi connectivity index (χ2n) is 6.96. The summed E-state index contributed by atoms with van der Waals surface area (Å²) in [6.45, 7) is 5.69. The topological polar surface area (TPSA) is 91.7 Å². The first kappa shape index (κ1) is 16.5. The fourth-order valence-corrected chi connectivity index (χ4v) is 3.47. The van der Waals surface area contributed by atoms with Crippen molar-refractivity contribution in [1.82, 2.24) is 20.3 Å². The molecule has 0 aliphatic carbocycles. The summed E-state index contributed by atoms with van der Waals surface area (Å²) in [6.07, 6.45) is 2.00. The highest BCUT2D eigenvalue weighted by molar-refractivity contribution is 5.93. The summed E-state index contributed by atoms with van der Waals surface area (Å²) >= 11 is 0. The van der Waals surface area contributed by atoms with Gasteiger partial charge in [-0.15, -0.1) is 10.2 Å². The SMILES string of the molecule is CC(C)c1nc(C2CCCN(c3c(C#N)nnc4ccccc34)C2)no1. The van der Waals surface area contributed by atoms with Crippen LogP contribution in [0.25, 0.3) is 10.9 Å². The molecule has 0 amide bonds. The Labute approximate surface area is 151 Å². The number of hydrogen-bond acceptors (Lipinski definition) is 7. The first-order valence-corrected chi connectivity index (χ1v) is 8.91. The second-order valence-corrected chi connectivity index (χ2v) is 6.96. The van der Waals surface area contributed by atoms with Crippen LogP contribution in [0, 0.1) is 11.3 Å². The average molecular weight is 348 g/mol. The van der Waals surface area contributed by atoms with Gasteiger partial charge in [0.25, 0.3) is 0 Å². The van der Waals surface area contributed by atoms with Crippen molar-refractivity contribution >= 4 is 16.6 Å². The highest BCUT2D eigenvalue weighted by Crippen LogP contribution is 2.34. The van der Waals surface area contributed by atoms with Crippen molar-refractivity contribution in [3.8, 4) is 6.07 Å². The van der Waals surface area contributed by atoms with Gasteiger partial charge in [0.15, 0.2) is 11.5 Å². The minimum absolute atomic E-state index is 0.179. The Morgan fingerprint density at radius 3 is 2.88 bits per heavy atom. The third-order valence-electron chi connectivity index (χ3n) is 4.80. The summed E-state index contributed by atoms with van der Waals surface area (Å²) in [5.41, 5.74) is 2.01. The molecule has 7 nitrogen and oxygen atoms in total. The molecule has 1 aliphatic heterocycles. The van der Waals surface area contributed by atoms with Crippen LogP contribution >= 0.6 is 0 Å². The number of anilines is 1. The number of benzene rings is 1. The molecule has 3 aromatic rings. The first-order chi connectivity index (χ1) is 12.7. The molecule has 0 saturated carbocycles. The van der Waals surface area contributed by atoms with E-state index in [4.69, 9.17) is 4.52 Å². The monoisotopic (exact) mass is 348 g/mol. The van der Waals surface area contributed by atoms with Gasteiger partial charge in [0.05, 0.1) is 11.2 Å². The number of aromatic nitrogens is 4. The van der Waals surface area contributed by atoms with Crippen LogP contribution in [0.15, 0.2) is 28.8 Å². The maximum absolute atomic E-state index is 9.54. The summed E-state index contributed by atoms with van der Waals surface area (Å²) in [7, 11) is 0. The van der Waals surface area contributed by atoms with E-state index in [1.54, 1.807) is 0 Å². The van der Waals surface area contributed by atoms with E-state index in [-0.39, 0.29) is 11.8 Å². The van der Waals surface area contributed by atoms with Crippen molar-refractivity contribution < 1.29 is 4.52 Å². The summed E-state index contributed by atoms with van der Waals surface area (Å²) in [6, 6.07) is 10.00. The molecule has 4 rings (SSSR count). The number of rotatable bonds is 3. The lowest BCUT2D eigenvalue weighted by molar-refractivity contribution is 0.354. The van der Waals surface area contributed by atoms with Crippen molar-refractivity contribution in [2.75, 3.05) is 18.0 Å². The van der Waals surface area contributed by atoms with Gasteiger partial charge in [0.2, 0.25) is 5.89 Å². The molecule has 1 saturated heterocycles. The van der Waals surface area contributed by atoms with Gasteiger partial charge in [-0.1, -0.05) is 37.2 Å². The molecule has 1 unspecified atom stereocenters. The molecule has 0 radical (unpaired) electrons. The largest absolute Gasteiger partial charge is 0.368 e. The molecule has 3 heterocycles. The Balaban J connectivity index is 1.70. The molecular weight excluding hydrogens is 328 g/mol. The van der Waals surface area contributed by atoms with E-state index in [0.29, 0.717) is 11.6 Å². The van der Waals surface area contributed by atoms with Crippen LogP contribution in [0.3, 0.4) is 0 Å². The first-order valence-electron chi connectivity index (χ1n) is 8.91. The van der Waals surface area contributed by atoms with Crippen molar-refractivity contribution in [2.45, 2.75) is 38.5 Å². The van der Waals surface area contributed by atoms with Crippen LogP contribution in [0.4, 0.5) is 5.69 Å². The minimum Gasteiger partial charge on any atom is -0.368 e. The Morgan fingerprint density at radius 2 is 2.12 bits per heavy atom. The molecule has 0 bridgehead atoms. The van der Waals surface area contributed by atoms with Crippen molar-refractivity contribution in [3.05, 3.63) is 41.7 Å². The molecule has 26 heavy (non-hydrogen) atoms. The molecular formula is C19H20N6O. The summed E-state index contributed by atoms with van der Waals surface area (Å²) in [5, 5.41) is 23.0. The quantitative estimate of drug-likeness (QED) is 0.716. The Morgan fingerprint density at radius 1 is 1.27 bits per heavy atom. The average Bonchev–Trinajstić information content (AvgIpc) is 3.18. The number of piperidine rings is 1. The van der Waals surface area contributed by atoms with Gasteiger partial charge in [0, 0.05) is 30.3 Å². The zero-order valence-corrected chi connectivity index (χ0v) is 14.9. The Hall–Kier alpha value is -3.01. The maximum Gasteiger partial charge on any atom is 0.229 e. The zero-order valence-electron chi connectivity index (χ0n) is 14.9. The molecule has 132 valence electrons. The van der Waals surface area contributed by atoms with E-state index in [2.05, 4.69) is 31.3 Å². The predicted molar refractivity (Wildman–Crippen MR) is 96.8 cm³/mol. The maximum atomic E-state index is 9.54. The van der Waals surface area contributed by atoms with Crippen LogP contribution in [-0.2, 0) is 0 Å². The Bertz CT molecular complexity index is 974. The van der Waals surface area contributed by atoms with E-state index in [1.165, 1.54) is 0 Å². The van der Waals surface area contributed by atoms with Gasteiger partial charge in [-0.3, -0.25) is 0 Å². The van der Waals surface area contributed by atoms with E-state index < -0.39 is 0 Å². The summed E-state index contributed by atoms with van der Waals surface area (Å²) < 4.78 is 5.38. The number of hydrogen-bond donors (Lipinski definition) is 0. The van der Waals surface area contributed by atoms with Gasteiger partial charge in [-0.2, -0.15) is 10.2 Å². The summed E-state index contributed by atoms with van der Waals surface area (Å²) in [5.74, 6) is 1.82. The van der Waals surface area contributed by atoms with Crippen molar-refractivity contribution in [3.63, 3.8) is 0 Å². The third kappa shape index (κ3) is 2.88. The minimum atomic E-state index is 0.179. The molecule has 7 heteroatoms. The van der Waals surface area contributed by atoms with Gasteiger partial charge in [-0.05, 0) is 18.9 Å². The standard InChI is InChI=1S/C19H20N6O/c1-12(2)19-21-18(24-26-19)13-6-5-9-25(11-13)17-14-7-3-4-8-15(14)22-23-16(17)10-20/h3-4,7-8,12-13H,5-6,9,11H2,1-2H3. The number of nitriles is 1. The van der Waals surface area contributed by atoms with E-state index in [1.807, 2.05) is 38.1 Å². The Kier molecular flexibility index (Phi) is 4.25. The molecule has 2 aromatic heterocycles. The summed E-state index contributed by atoms with van der Waals surface area (Å²) in [4.78, 5) is 6.79. The van der Waals surface area contributed by atoms with Crippen LogP contribution in [-0.4, -0.2) is 33.4 Å². The van der Waals surface area contributed by atoms with Gasteiger partial charge >= 0.3 is 0 Å². The fourth-order valence-electron chi connectivity index (χ4n) is 3.47. The molecule has 1 aromatic carbocycles. The van der Waals surface area contributed by atoms with E-state index in [9.17, 15) is 5.26 Å². The highest BCUT2D eigenvalue weighted by atomic mass is 16.5. The van der Waals surface area contributed by atoms with E-state index in [0.717, 1.165) is 48.3 Å². The zero-order chi connectivity index (χ0) is 18.1. The van der Waals surface area contributed by atoms with Crippen LogP contribution in [0.2, 0.25) is 0 Å². The highest BCUT2D eigenvalue weighted by Gasteiger charge is 2.28. The van der Waals surface area contributed by atoms with Crippen molar-refractivity contribution in [2.24, 2.45) is 0 Å². The van der Waals surface area contributed by atoms with Gasteiger partial charge in [-0.25, -0.2) is 0 Å². The lowest BCUT2D eigenvalue weighted by Crippen LogP contribution is -2.35. The lowest BCUT2D eigenvalue weighted by Gasteiger charge is -2.33. The molecule has 1 aliphatic rings. The van der Waals surface area contributed by atoms with E-state index >= 15 is 0 Å². The molecule has 0 spiro atoms. The second kappa shape index (κ2) is 6.71. The molecule has 0 N–H and O–H groups in total. The predicted octanol–water partition coefficient (Wildman–Crippen LogP) is 3.39.